The quantitative estimate of drug-likeness (QED) is 0.454. The van der Waals surface area contributed by atoms with E-state index in [0.29, 0.717) is 0 Å². The first-order valence-electron chi connectivity index (χ1n) is 7.52. The zero-order valence-electron chi connectivity index (χ0n) is 13.5. The molecule has 0 radical (unpaired) electrons. The molecule has 6 heteroatoms. The van der Waals surface area contributed by atoms with Crippen LogP contribution in [0.4, 0.5) is 0 Å². The monoisotopic (exact) mass is 400 g/mol. The third-order valence-electron chi connectivity index (χ3n) is 3.45. The van der Waals surface area contributed by atoms with Crippen molar-refractivity contribution in [3.8, 4) is 0 Å². The zero-order chi connectivity index (χ0) is 16.9. The molecule has 0 bridgehead atoms. The van der Waals surface area contributed by atoms with Gasteiger partial charge in [-0.2, -0.15) is 9.78 Å². The largest absolute Gasteiger partial charge is 0.212 e. The Hall–Kier alpha value is -1.92. The standard InChI is InChI=1S/C18H17BrN4S/c1-13-3-5-15(6-4-13)11-20-23-14(2)21-22-18(23)24-12-16-7-9-17(19)10-8-16/h3-11H,12H2,1-2H3/b20-11+. The van der Waals surface area contributed by atoms with Gasteiger partial charge in [0.25, 0.3) is 0 Å². The van der Waals surface area contributed by atoms with Crippen molar-refractivity contribution in [2.45, 2.75) is 24.8 Å². The van der Waals surface area contributed by atoms with Crippen LogP contribution in [-0.4, -0.2) is 21.1 Å². The van der Waals surface area contributed by atoms with Crippen LogP contribution in [0.3, 0.4) is 0 Å². The van der Waals surface area contributed by atoms with Crippen molar-refractivity contribution in [3.63, 3.8) is 0 Å². The van der Waals surface area contributed by atoms with Crippen LogP contribution < -0.4 is 0 Å². The number of hydrogen-bond donors (Lipinski definition) is 0. The van der Waals surface area contributed by atoms with Gasteiger partial charge < -0.3 is 0 Å². The molecule has 0 saturated carbocycles. The second-order valence-electron chi connectivity index (χ2n) is 5.41. The Bertz CT molecular complexity index is 838. The van der Waals surface area contributed by atoms with Crippen LogP contribution in [0.25, 0.3) is 0 Å². The van der Waals surface area contributed by atoms with E-state index in [0.717, 1.165) is 26.8 Å². The molecule has 1 heterocycles. The summed E-state index contributed by atoms with van der Waals surface area (Å²) in [4.78, 5) is 0. The van der Waals surface area contributed by atoms with E-state index >= 15 is 0 Å². The number of aryl methyl sites for hydroxylation is 2. The van der Waals surface area contributed by atoms with Crippen molar-refractivity contribution in [1.82, 2.24) is 14.9 Å². The first-order chi connectivity index (χ1) is 11.6. The number of halogens is 1. The first-order valence-corrected chi connectivity index (χ1v) is 9.30. The highest BCUT2D eigenvalue weighted by molar-refractivity contribution is 9.10. The molecule has 0 aliphatic rings. The molecule has 122 valence electrons. The van der Waals surface area contributed by atoms with Crippen molar-refractivity contribution in [2.75, 3.05) is 0 Å². The van der Waals surface area contributed by atoms with E-state index in [2.05, 4.69) is 62.4 Å². The van der Waals surface area contributed by atoms with Crippen LogP contribution in [0.15, 0.2) is 63.3 Å². The van der Waals surface area contributed by atoms with Gasteiger partial charge in [-0.15, -0.1) is 10.2 Å². The average molecular weight is 401 g/mol. The third kappa shape index (κ3) is 4.33. The minimum Gasteiger partial charge on any atom is -0.192 e. The van der Waals surface area contributed by atoms with E-state index in [1.165, 1.54) is 11.1 Å². The average Bonchev–Trinajstić information content (AvgIpc) is 2.94. The summed E-state index contributed by atoms with van der Waals surface area (Å²) in [6, 6.07) is 16.5. The van der Waals surface area contributed by atoms with Gasteiger partial charge in [0.05, 0.1) is 6.21 Å². The topological polar surface area (TPSA) is 43.1 Å². The molecular weight excluding hydrogens is 384 g/mol. The van der Waals surface area contributed by atoms with E-state index in [9.17, 15) is 0 Å². The van der Waals surface area contributed by atoms with Crippen LogP contribution in [0, 0.1) is 13.8 Å². The van der Waals surface area contributed by atoms with Gasteiger partial charge in [-0.05, 0) is 37.1 Å². The van der Waals surface area contributed by atoms with Crippen molar-refractivity contribution in [1.29, 1.82) is 0 Å². The summed E-state index contributed by atoms with van der Waals surface area (Å²) in [6.45, 7) is 3.98. The number of rotatable bonds is 5. The highest BCUT2D eigenvalue weighted by Gasteiger charge is 2.08. The van der Waals surface area contributed by atoms with Gasteiger partial charge in [0, 0.05) is 10.2 Å². The van der Waals surface area contributed by atoms with Crippen molar-refractivity contribution < 1.29 is 0 Å². The van der Waals surface area contributed by atoms with Crippen LogP contribution in [0.1, 0.15) is 22.5 Å². The lowest BCUT2D eigenvalue weighted by molar-refractivity contribution is 0.744. The Kier molecular flexibility index (Phi) is 5.48. The van der Waals surface area contributed by atoms with E-state index in [-0.39, 0.29) is 0 Å². The molecule has 0 aliphatic carbocycles. The molecule has 0 unspecified atom stereocenters. The van der Waals surface area contributed by atoms with E-state index in [1.54, 1.807) is 16.4 Å². The Morgan fingerprint density at radius 3 is 2.46 bits per heavy atom. The SMILES string of the molecule is Cc1ccc(/C=N/n2c(C)nnc2SCc2ccc(Br)cc2)cc1. The lowest BCUT2D eigenvalue weighted by atomic mass is 10.2. The number of nitrogens with zero attached hydrogens (tertiary/aromatic N) is 4. The molecule has 0 N–H and O–H groups in total. The number of hydrogen-bond acceptors (Lipinski definition) is 4. The van der Waals surface area contributed by atoms with Crippen LogP contribution in [0.2, 0.25) is 0 Å². The maximum absolute atomic E-state index is 4.53. The maximum Gasteiger partial charge on any atom is 0.212 e. The van der Waals surface area contributed by atoms with Crippen molar-refractivity contribution in [3.05, 3.63) is 75.5 Å². The van der Waals surface area contributed by atoms with Crippen LogP contribution in [-0.2, 0) is 5.75 Å². The summed E-state index contributed by atoms with van der Waals surface area (Å²) in [6.07, 6.45) is 1.83. The fourth-order valence-corrected chi connectivity index (χ4v) is 3.22. The molecule has 0 fully saturated rings. The fraction of sp³-hybridized carbons (Fsp3) is 0.167. The van der Waals surface area contributed by atoms with E-state index in [1.807, 2.05) is 37.4 Å². The second kappa shape index (κ2) is 7.77. The number of thioether (sulfide) groups is 1. The summed E-state index contributed by atoms with van der Waals surface area (Å²) in [5, 5.41) is 13.7. The summed E-state index contributed by atoms with van der Waals surface area (Å²) in [5.74, 6) is 1.60. The maximum atomic E-state index is 4.53. The highest BCUT2D eigenvalue weighted by Crippen LogP contribution is 2.22. The van der Waals surface area contributed by atoms with Gasteiger partial charge in [0.2, 0.25) is 5.16 Å². The van der Waals surface area contributed by atoms with Gasteiger partial charge >= 0.3 is 0 Å². The third-order valence-corrected chi connectivity index (χ3v) is 4.97. The Morgan fingerprint density at radius 2 is 1.75 bits per heavy atom. The minimum atomic E-state index is 0.775. The summed E-state index contributed by atoms with van der Waals surface area (Å²) in [5.41, 5.74) is 3.52. The molecule has 3 rings (SSSR count). The molecular formula is C18H17BrN4S. The molecule has 2 aromatic carbocycles. The van der Waals surface area contributed by atoms with Gasteiger partial charge in [-0.1, -0.05) is 69.7 Å². The molecule has 0 saturated heterocycles. The second-order valence-corrected chi connectivity index (χ2v) is 7.27. The van der Waals surface area contributed by atoms with Gasteiger partial charge in [0.15, 0.2) is 5.82 Å². The van der Waals surface area contributed by atoms with Gasteiger partial charge in [-0.25, -0.2) is 0 Å². The predicted octanol–water partition coefficient (Wildman–Crippen LogP) is 4.83. The molecule has 24 heavy (non-hydrogen) atoms. The molecule has 0 aliphatic heterocycles. The number of benzene rings is 2. The lowest BCUT2D eigenvalue weighted by Crippen LogP contribution is -1.96. The van der Waals surface area contributed by atoms with E-state index in [4.69, 9.17) is 0 Å². The van der Waals surface area contributed by atoms with Gasteiger partial charge in [-0.3, -0.25) is 0 Å². The molecule has 0 amide bonds. The van der Waals surface area contributed by atoms with E-state index < -0.39 is 0 Å². The normalized spacial score (nSPS) is 11.3. The molecule has 4 nitrogen and oxygen atoms in total. The Labute approximate surface area is 154 Å². The zero-order valence-corrected chi connectivity index (χ0v) is 15.9. The highest BCUT2D eigenvalue weighted by atomic mass is 79.9. The van der Waals surface area contributed by atoms with Crippen molar-refractivity contribution >= 4 is 33.9 Å². The lowest BCUT2D eigenvalue weighted by Gasteiger charge is -2.03. The molecule has 3 aromatic rings. The Morgan fingerprint density at radius 1 is 1.04 bits per heavy atom. The molecule has 0 spiro atoms. The van der Waals surface area contributed by atoms with Crippen LogP contribution >= 0.6 is 27.7 Å². The first kappa shape index (κ1) is 16.9. The smallest absolute Gasteiger partial charge is 0.192 e. The summed E-state index contributed by atoms with van der Waals surface area (Å²) >= 11 is 5.08. The molecule has 0 atom stereocenters. The number of aromatic nitrogens is 3. The summed E-state index contributed by atoms with van der Waals surface area (Å²) < 4.78 is 2.86. The fourth-order valence-electron chi connectivity index (χ4n) is 2.07. The Balaban J connectivity index is 1.73. The van der Waals surface area contributed by atoms with Crippen molar-refractivity contribution in [2.24, 2.45) is 5.10 Å². The summed E-state index contributed by atoms with van der Waals surface area (Å²) in [7, 11) is 0. The predicted molar refractivity (Wildman–Crippen MR) is 103 cm³/mol. The van der Waals surface area contributed by atoms with Gasteiger partial charge in [0.1, 0.15) is 0 Å². The van der Waals surface area contributed by atoms with Crippen LogP contribution in [0.5, 0.6) is 0 Å². The molecule has 1 aromatic heterocycles. The minimum absolute atomic E-state index is 0.775.